The molecule has 0 spiro atoms. The topological polar surface area (TPSA) is 51.9 Å². The molecule has 2 aromatic rings. The van der Waals surface area contributed by atoms with Crippen LogP contribution in [0.1, 0.15) is 17.7 Å². The number of nitrogens with zero attached hydrogens (tertiary/aromatic N) is 1. The standard InChI is InChI=1S/C17H21NO4/c1-18(17(19)9-8-14-5-4-10-22-14)12-13-6-7-15(20-2)11-16(13)21-3/h4-7,10-11H,8-9,12H2,1-3H3. The van der Waals surface area contributed by atoms with E-state index in [1.54, 1.807) is 32.4 Å². The van der Waals surface area contributed by atoms with Crippen molar-refractivity contribution >= 4 is 5.91 Å². The van der Waals surface area contributed by atoms with Gasteiger partial charge in [-0.05, 0) is 24.3 Å². The first-order valence-electron chi connectivity index (χ1n) is 7.11. The fraction of sp³-hybridized carbons (Fsp3) is 0.353. The first-order valence-corrected chi connectivity index (χ1v) is 7.11. The molecule has 118 valence electrons. The van der Waals surface area contributed by atoms with Gasteiger partial charge < -0.3 is 18.8 Å². The number of hydrogen-bond acceptors (Lipinski definition) is 4. The van der Waals surface area contributed by atoms with Crippen molar-refractivity contribution in [1.82, 2.24) is 4.90 Å². The predicted octanol–water partition coefficient (Wildman–Crippen LogP) is 2.89. The summed E-state index contributed by atoms with van der Waals surface area (Å²) in [6, 6.07) is 9.29. The molecule has 0 atom stereocenters. The van der Waals surface area contributed by atoms with Crippen LogP contribution in [0.4, 0.5) is 0 Å². The average Bonchev–Trinajstić information content (AvgIpc) is 3.06. The zero-order valence-electron chi connectivity index (χ0n) is 13.2. The smallest absolute Gasteiger partial charge is 0.223 e. The molecular formula is C17H21NO4. The largest absolute Gasteiger partial charge is 0.497 e. The number of methoxy groups -OCH3 is 2. The number of rotatable bonds is 7. The van der Waals surface area contributed by atoms with Crippen molar-refractivity contribution in [1.29, 1.82) is 0 Å². The van der Waals surface area contributed by atoms with Crippen molar-refractivity contribution in [2.45, 2.75) is 19.4 Å². The van der Waals surface area contributed by atoms with E-state index >= 15 is 0 Å². The van der Waals surface area contributed by atoms with Gasteiger partial charge in [0.15, 0.2) is 0 Å². The van der Waals surface area contributed by atoms with E-state index in [0.29, 0.717) is 25.1 Å². The van der Waals surface area contributed by atoms with E-state index in [1.165, 1.54) is 0 Å². The number of carbonyl (C=O) groups excluding carboxylic acids is 1. The lowest BCUT2D eigenvalue weighted by atomic mass is 10.1. The molecule has 1 amide bonds. The van der Waals surface area contributed by atoms with Gasteiger partial charge in [-0.2, -0.15) is 0 Å². The lowest BCUT2D eigenvalue weighted by Gasteiger charge is -2.19. The van der Waals surface area contributed by atoms with Crippen molar-refractivity contribution in [3.8, 4) is 11.5 Å². The SMILES string of the molecule is COc1ccc(CN(C)C(=O)CCc2ccco2)c(OC)c1. The molecule has 0 N–H and O–H groups in total. The fourth-order valence-corrected chi connectivity index (χ4v) is 2.20. The number of carbonyl (C=O) groups is 1. The molecule has 1 aromatic carbocycles. The van der Waals surface area contributed by atoms with Crippen molar-refractivity contribution in [2.24, 2.45) is 0 Å². The first-order chi connectivity index (χ1) is 10.6. The summed E-state index contributed by atoms with van der Waals surface area (Å²) in [6.07, 6.45) is 2.64. The second-order valence-electron chi connectivity index (χ2n) is 5.01. The van der Waals surface area contributed by atoms with E-state index in [1.807, 2.05) is 30.3 Å². The Morgan fingerprint density at radius 2 is 2.05 bits per heavy atom. The quantitative estimate of drug-likeness (QED) is 0.789. The summed E-state index contributed by atoms with van der Waals surface area (Å²) in [5.74, 6) is 2.33. The van der Waals surface area contributed by atoms with Gasteiger partial charge in [0, 0.05) is 38.1 Å². The van der Waals surface area contributed by atoms with Gasteiger partial charge in [-0.25, -0.2) is 0 Å². The highest BCUT2D eigenvalue weighted by Gasteiger charge is 2.13. The van der Waals surface area contributed by atoms with E-state index < -0.39 is 0 Å². The van der Waals surface area contributed by atoms with Gasteiger partial charge in [-0.3, -0.25) is 4.79 Å². The number of furan rings is 1. The van der Waals surface area contributed by atoms with Gasteiger partial charge >= 0.3 is 0 Å². The van der Waals surface area contributed by atoms with Crippen molar-refractivity contribution in [3.05, 3.63) is 47.9 Å². The number of amides is 1. The lowest BCUT2D eigenvalue weighted by Crippen LogP contribution is -2.26. The fourth-order valence-electron chi connectivity index (χ4n) is 2.20. The van der Waals surface area contributed by atoms with E-state index in [9.17, 15) is 4.79 Å². The summed E-state index contributed by atoms with van der Waals surface area (Å²) in [5.41, 5.74) is 0.942. The molecule has 0 aliphatic carbocycles. The van der Waals surface area contributed by atoms with Crippen LogP contribution in [0.25, 0.3) is 0 Å². The van der Waals surface area contributed by atoms with E-state index in [4.69, 9.17) is 13.9 Å². The van der Waals surface area contributed by atoms with E-state index in [0.717, 1.165) is 17.1 Å². The molecule has 5 heteroatoms. The molecule has 0 saturated carbocycles. The summed E-state index contributed by atoms with van der Waals surface area (Å²) in [6.45, 7) is 0.490. The minimum atomic E-state index is 0.0641. The van der Waals surface area contributed by atoms with Crippen molar-refractivity contribution < 1.29 is 18.7 Å². The lowest BCUT2D eigenvalue weighted by molar-refractivity contribution is -0.130. The minimum Gasteiger partial charge on any atom is -0.497 e. The highest BCUT2D eigenvalue weighted by Crippen LogP contribution is 2.25. The second kappa shape index (κ2) is 7.54. The summed E-state index contributed by atoms with van der Waals surface area (Å²) in [7, 11) is 5.00. The van der Waals surface area contributed by atoms with Gasteiger partial charge in [-0.15, -0.1) is 0 Å². The third-order valence-corrected chi connectivity index (χ3v) is 3.49. The Morgan fingerprint density at radius 1 is 1.23 bits per heavy atom. The predicted molar refractivity (Wildman–Crippen MR) is 83.0 cm³/mol. The Hall–Kier alpha value is -2.43. The van der Waals surface area contributed by atoms with Crippen LogP contribution in [0.3, 0.4) is 0 Å². The van der Waals surface area contributed by atoms with Gasteiger partial charge in [-0.1, -0.05) is 0 Å². The number of ether oxygens (including phenoxy) is 2. The van der Waals surface area contributed by atoms with Gasteiger partial charge in [0.25, 0.3) is 0 Å². The van der Waals surface area contributed by atoms with Crippen LogP contribution < -0.4 is 9.47 Å². The zero-order chi connectivity index (χ0) is 15.9. The number of hydrogen-bond donors (Lipinski definition) is 0. The average molecular weight is 303 g/mol. The molecule has 1 aromatic heterocycles. The summed E-state index contributed by atoms with van der Waals surface area (Å²) in [4.78, 5) is 13.9. The molecule has 0 fully saturated rings. The Labute approximate surface area is 130 Å². The maximum atomic E-state index is 12.2. The van der Waals surface area contributed by atoms with Crippen LogP contribution in [0.5, 0.6) is 11.5 Å². The molecule has 5 nitrogen and oxygen atoms in total. The van der Waals surface area contributed by atoms with Crippen LogP contribution in [0.15, 0.2) is 41.0 Å². The van der Waals surface area contributed by atoms with Crippen LogP contribution in [-0.2, 0) is 17.8 Å². The third-order valence-electron chi connectivity index (χ3n) is 3.49. The van der Waals surface area contributed by atoms with Crippen LogP contribution in [-0.4, -0.2) is 32.1 Å². The van der Waals surface area contributed by atoms with Crippen LogP contribution in [0.2, 0.25) is 0 Å². The van der Waals surface area contributed by atoms with Crippen molar-refractivity contribution in [2.75, 3.05) is 21.3 Å². The Morgan fingerprint density at radius 3 is 2.68 bits per heavy atom. The maximum absolute atomic E-state index is 12.2. The Balaban J connectivity index is 1.95. The Bertz CT molecular complexity index is 607. The van der Waals surface area contributed by atoms with Gasteiger partial charge in [0.1, 0.15) is 17.3 Å². The zero-order valence-corrected chi connectivity index (χ0v) is 13.2. The van der Waals surface area contributed by atoms with E-state index in [2.05, 4.69) is 0 Å². The molecule has 0 unspecified atom stereocenters. The number of benzene rings is 1. The van der Waals surface area contributed by atoms with E-state index in [-0.39, 0.29) is 5.91 Å². The van der Waals surface area contributed by atoms with Gasteiger partial charge in [0.2, 0.25) is 5.91 Å². The molecule has 0 aliphatic heterocycles. The van der Waals surface area contributed by atoms with Crippen LogP contribution >= 0.6 is 0 Å². The minimum absolute atomic E-state index is 0.0641. The molecular weight excluding hydrogens is 282 g/mol. The molecule has 0 aliphatic rings. The van der Waals surface area contributed by atoms with Crippen LogP contribution in [0, 0.1) is 0 Å². The normalized spacial score (nSPS) is 10.3. The monoisotopic (exact) mass is 303 g/mol. The molecule has 2 rings (SSSR count). The molecule has 1 heterocycles. The van der Waals surface area contributed by atoms with Crippen molar-refractivity contribution in [3.63, 3.8) is 0 Å². The first kappa shape index (κ1) is 15.9. The molecule has 0 saturated heterocycles. The maximum Gasteiger partial charge on any atom is 0.223 e. The summed E-state index contributed by atoms with van der Waals surface area (Å²) >= 11 is 0. The summed E-state index contributed by atoms with van der Waals surface area (Å²) in [5, 5.41) is 0. The highest BCUT2D eigenvalue weighted by atomic mass is 16.5. The highest BCUT2D eigenvalue weighted by molar-refractivity contribution is 5.76. The summed E-state index contributed by atoms with van der Waals surface area (Å²) < 4.78 is 15.8. The molecule has 0 radical (unpaired) electrons. The van der Waals surface area contributed by atoms with Gasteiger partial charge in [0.05, 0.1) is 20.5 Å². The molecule has 22 heavy (non-hydrogen) atoms. The second-order valence-corrected chi connectivity index (χ2v) is 5.01. The Kier molecular flexibility index (Phi) is 5.47. The molecule has 0 bridgehead atoms. The third kappa shape index (κ3) is 4.04. The number of aryl methyl sites for hydroxylation is 1.